The van der Waals surface area contributed by atoms with Crippen LogP contribution in [0.3, 0.4) is 0 Å². The SMILES string of the molecule is CC(=O)c1ccc(-c2cccc3[nH]c(-c4n[nH]c5cnc(-c6cncc(NC(C)C)c6)c(F)c45)nc23)s1. The Morgan fingerprint density at radius 1 is 1.08 bits per heavy atom. The number of Topliss-reactive ketones (excluding diaryl/α,β-unsaturated/α-hetero) is 1. The molecule has 0 fully saturated rings. The Bertz CT molecular complexity index is 1800. The maximum Gasteiger partial charge on any atom is 0.169 e. The lowest BCUT2D eigenvalue weighted by molar-refractivity contribution is 0.102. The smallest absolute Gasteiger partial charge is 0.169 e. The molecule has 0 radical (unpaired) electrons. The van der Waals surface area contributed by atoms with E-state index in [0.717, 1.165) is 27.2 Å². The van der Waals surface area contributed by atoms with E-state index in [1.54, 1.807) is 25.5 Å². The van der Waals surface area contributed by atoms with Crippen molar-refractivity contribution in [2.24, 2.45) is 0 Å². The standard InChI is InChI=1S/C27H22FN7OS/c1-13(2)31-16-9-15(10-29-11-16)24-23(28)22-19(12-30-24)34-35-26(22)27-32-18-6-4-5-17(25(18)33-27)21-8-7-20(37-21)14(3)36/h4-13,31H,1-3H3,(H,32,33)(H,34,35). The van der Waals surface area contributed by atoms with Gasteiger partial charge in [0.05, 0.1) is 38.7 Å². The van der Waals surface area contributed by atoms with E-state index in [4.69, 9.17) is 4.98 Å². The summed E-state index contributed by atoms with van der Waals surface area (Å²) >= 11 is 1.42. The van der Waals surface area contributed by atoms with Crippen LogP contribution in [0.5, 0.6) is 0 Å². The van der Waals surface area contributed by atoms with Crippen LogP contribution in [0.25, 0.3) is 55.2 Å². The van der Waals surface area contributed by atoms with Crippen LogP contribution in [0.1, 0.15) is 30.4 Å². The number of fused-ring (bicyclic) bond motifs is 2. The molecule has 0 atom stereocenters. The third kappa shape index (κ3) is 4.05. The van der Waals surface area contributed by atoms with E-state index >= 15 is 4.39 Å². The van der Waals surface area contributed by atoms with Crippen molar-refractivity contribution in [2.75, 3.05) is 5.32 Å². The fourth-order valence-corrected chi connectivity index (χ4v) is 5.27. The van der Waals surface area contributed by atoms with E-state index < -0.39 is 5.82 Å². The summed E-state index contributed by atoms with van der Waals surface area (Å²) in [5, 5.41) is 10.8. The zero-order chi connectivity index (χ0) is 25.7. The molecule has 10 heteroatoms. The number of thiophene rings is 1. The number of aromatic amines is 2. The van der Waals surface area contributed by atoms with Gasteiger partial charge in [0.25, 0.3) is 0 Å². The second-order valence-corrected chi connectivity index (χ2v) is 10.1. The molecule has 0 bridgehead atoms. The van der Waals surface area contributed by atoms with E-state index in [1.807, 2.05) is 50.2 Å². The van der Waals surface area contributed by atoms with Crippen molar-refractivity contribution in [3.63, 3.8) is 0 Å². The average molecular weight is 512 g/mol. The summed E-state index contributed by atoms with van der Waals surface area (Å²) in [4.78, 5) is 30.1. The monoisotopic (exact) mass is 511 g/mol. The molecule has 0 amide bonds. The lowest BCUT2D eigenvalue weighted by Crippen LogP contribution is -2.09. The van der Waals surface area contributed by atoms with Gasteiger partial charge in [-0.25, -0.2) is 9.37 Å². The van der Waals surface area contributed by atoms with Crippen molar-refractivity contribution in [1.29, 1.82) is 0 Å². The summed E-state index contributed by atoms with van der Waals surface area (Å²) in [5.41, 5.74) is 4.74. The van der Waals surface area contributed by atoms with Crippen LogP contribution in [0.2, 0.25) is 0 Å². The van der Waals surface area contributed by atoms with Crippen LogP contribution >= 0.6 is 11.3 Å². The van der Waals surface area contributed by atoms with Crippen molar-refractivity contribution >= 4 is 44.7 Å². The highest BCUT2D eigenvalue weighted by Crippen LogP contribution is 2.36. The molecule has 0 aliphatic heterocycles. The van der Waals surface area contributed by atoms with Crippen molar-refractivity contribution in [3.8, 4) is 33.2 Å². The minimum absolute atomic E-state index is 0.0229. The molecular weight excluding hydrogens is 489 g/mol. The van der Waals surface area contributed by atoms with Gasteiger partial charge in [-0.05, 0) is 45.0 Å². The van der Waals surface area contributed by atoms with Gasteiger partial charge < -0.3 is 10.3 Å². The number of nitrogens with zero attached hydrogens (tertiary/aromatic N) is 4. The number of para-hydroxylation sites is 1. The highest BCUT2D eigenvalue weighted by molar-refractivity contribution is 7.17. The van der Waals surface area contributed by atoms with Gasteiger partial charge in [0.15, 0.2) is 17.4 Å². The zero-order valence-electron chi connectivity index (χ0n) is 20.3. The molecule has 1 aromatic carbocycles. The minimum atomic E-state index is -0.505. The second-order valence-electron chi connectivity index (χ2n) is 9.05. The van der Waals surface area contributed by atoms with Crippen molar-refractivity contribution < 1.29 is 9.18 Å². The Morgan fingerprint density at radius 2 is 1.95 bits per heavy atom. The molecule has 0 saturated carbocycles. The highest BCUT2D eigenvalue weighted by Gasteiger charge is 2.21. The second kappa shape index (κ2) is 8.90. The summed E-state index contributed by atoms with van der Waals surface area (Å²) in [6.45, 7) is 5.60. The number of halogens is 1. The van der Waals surface area contributed by atoms with Gasteiger partial charge in [-0.1, -0.05) is 12.1 Å². The first-order valence-electron chi connectivity index (χ1n) is 11.7. The zero-order valence-corrected chi connectivity index (χ0v) is 21.1. The summed E-state index contributed by atoms with van der Waals surface area (Å²) in [5.74, 6) is -0.0500. The molecule has 0 saturated heterocycles. The van der Waals surface area contributed by atoms with Gasteiger partial charge in [-0.15, -0.1) is 11.3 Å². The van der Waals surface area contributed by atoms with Gasteiger partial charge in [0.2, 0.25) is 0 Å². The highest BCUT2D eigenvalue weighted by atomic mass is 32.1. The van der Waals surface area contributed by atoms with E-state index in [0.29, 0.717) is 32.9 Å². The third-order valence-corrected chi connectivity index (χ3v) is 7.19. The van der Waals surface area contributed by atoms with E-state index in [-0.39, 0.29) is 17.5 Å². The predicted molar refractivity (Wildman–Crippen MR) is 144 cm³/mol. The molecule has 5 heterocycles. The van der Waals surface area contributed by atoms with Crippen LogP contribution in [0.4, 0.5) is 10.1 Å². The van der Waals surface area contributed by atoms with Gasteiger partial charge in [0.1, 0.15) is 11.4 Å². The fraction of sp³-hybridized carbons (Fsp3) is 0.148. The molecule has 0 spiro atoms. The molecule has 6 rings (SSSR count). The Morgan fingerprint density at radius 3 is 2.73 bits per heavy atom. The summed E-state index contributed by atoms with van der Waals surface area (Å²) < 4.78 is 16.0. The van der Waals surface area contributed by atoms with Crippen LogP contribution in [-0.4, -0.2) is 42.0 Å². The maximum atomic E-state index is 16.0. The van der Waals surface area contributed by atoms with Crippen LogP contribution in [0, 0.1) is 5.82 Å². The van der Waals surface area contributed by atoms with Crippen LogP contribution in [0.15, 0.2) is 55.0 Å². The molecule has 0 aliphatic carbocycles. The Hall–Kier alpha value is -4.44. The largest absolute Gasteiger partial charge is 0.382 e. The minimum Gasteiger partial charge on any atom is -0.382 e. The average Bonchev–Trinajstić information content (AvgIpc) is 3.61. The van der Waals surface area contributed by atoms with Crippen LogP contribution in [-0.2, 0) is 0 Å². The number of benzene rings is 1. The summed E-state index contributed by atoms with van der Waals surface area (Å²) in [7, 11) is 0. The molecular formula is C27H22FN7OS. The number of H-pyrrole nitrogens is 2. The Kier molecular flexibility index (Phi) is 5.53. The van der Waals surface area contributed by atoms with E-state index in [2.05, 4.69) is 30.5 Å². The van der Waals surface area contributed by atoms with Gasteiger partial charge in [0, 0.05) is 34.4 Å². The summed E-state index contributed by atoms with van der Waals surface area (Å²) in [6, 6.07) is 11.6. The Balaban J connectivity index is 1.47. The molecule has 184 valence electrons. The van der Waals surface area contributed by atoms with E-state index in [1.165, 1.54) is 11.3 Å². The number of nitrogens with one attached hydrogen (secondary N) is 3. The first-order chi connectivity index (χ1) is 17.9. The first kappa shape index (κ1) is 23.0. The van der Waals surface area contributed by atoms with Gasteiger partial charge >= 0.3 is 0 Å². The lowest BCUT2D eigenvalue weighted by atomic mass is 10.1. The number of imidazole rings is 1. The van der Waals surface area contributed by atoms with Gasteiger partial charge in [-0.3, -0.25) is 19.9 Å². The molecule has 0 aliphatic rings. The first-order valence-corrected chi connectivity index (χ1v) is 12.6. The molecule has 8 nitrogen and oxygen atoms in total. The third-order valence-electron chi connectivity index (χ3n) is 5.97. The fourth-order valence-electron chi connectivity index (χ4n) is 4.34. The lowest BCUT2D eigenvalue weighted by Gasteiger charge is -2.11. The maximum absolute atomic E-state index is 16.0. The molecule has 0 unspecified atom stereocenters. The van der Waals surface area contributed by atoms with Crippen molar-refractivity contribution in [3.05, 3.63) is 65.7 Å². The normalized spacial score (nSPS) is 11.6. The number of carbonyl (C=O) groups is 1. The number of aromatic nitrogens is 6. The molecule has 6 aromatic rings. The topological polar surface area (TPSA) is 112 Å². The number of rotatable bonds is 6. The number of carbonyl (C=O) groups excluding carboxylic acids is 1. The molecule has 37 heavy (non-hydrogen) atoms. The molecule has 5 aromatic heterocycles. The quantitative estimate of drug-likeness (QED) is 0.221. The van der Waals surface area contributed by atoms with Crippen LogP contribution < -0.4 is 5.32 Å². The van der Waals surface area contributed by atoms with Gasteiger partial charge in [-0.2, -0.15) is 5.10 Å². The number of pyridine rings is 2. The number of ketones is 1. The summed E-state index contributed by atoms with van der Waals surface area (Å²) in [6.07, 6.45) is 4.85. The number of anilines is 1. The Labute approximate surface area is 215 Å². The molecule has 3 N–H and O–H groups in total. The van der Waals surface area contributed by atoms with E-state index in [9.17, 15) is 4.79 Å². The predicted octanol–water partition coefficient (Wildman–Crippen LogP) is 6.45. The van der Waals surface area contributed by atoms with Crippen molar-refractivity contribution in [2.45, 2.75) is 26.8 Å². The number of hydrogen-bond donors (Lipinski definition) is 3. The number of hydrogen-bond acceptors (Lipinski definition) is 7. The van der Waals surface area contributed by atoms with Crippen molar-refractivity contribution in [1.82, 2.24) is 30.1 Å².